The second-order valence-corrected chi connectivity index (χ2v) is 4.77. The van der Waals surface area contributed by atoms with Gasteiger partial charge in [-0.1, -0.05) is 5.92 Å². The molecule has 1 aliphatic carbocycles. The van der Waals surface area contributed by atoms with E-state index in [4.69, 9.17) is 6.42 Å². The maximum atomic E-state index is 12.3. The van der Waals surface area contributed by atoms with Crippen LogP contribution in [0.1, 0.15) is 12.8 Å². The Balaban J connectivity index is 1.88. The van der Waals surface area contributed by atoms with Crippen molar-refractivity contribution in [3.63, 3.8) is 0 Å². The van der Waals surface area contributed by atoms with Crippen LogP contribution in [0.25, 0.3) is 0 Å². The van der Waals surface area contributed by atoms with Crippen molar-refractivity contribution in [1.29, 1.82) is 0 Å². The molecule has 1 saturated carbocycles. The van der Waals surface area contributed by atoms with Crippen LogP contribution in [0.5, 0.6) is 0 Å². The lowest BCUT2D eigenvalue weighted by molar-refractivity contribution is -0.187. The zero-order valence-electron chi connectivity index (χ0n) is 9.91. The zero-order chi connectivity index (χ0) is 13.3. The van der Waals surface area contributed by atoms with Gasteiger partial charge in [-0.15, -0.1) is 6.42 Å². The van der Waals surface area contributed by atoms with Crippen LogP contribution in [0.3, 0.4) is 0 Å². The van der Waals surface area contributed by atoms with E-state index in [-0.39, 0.29) is 19.1 Å². The lowest BCUT2D eigenvalue weighted by Gasteiger charge is -2.37. The van der Waals surface area contributed by atoms with Gasteiger partial charge < -0.3 is 4.90 Å². The molecule has 3 nitrogen and oxygen atoms in total. The number of halogens is 3. The molecule has 0 N–H and O–H groups in total. The van der Waals surface area contributed by atoms with Gasteiger partial charge in [0.15, 0.2) is 0 Å². The number of piperazine rings is 1. The molecule has 1 amide bonds. The number of alkyl halides is 3. The molecule has 1 atom stereocenters. The Bertz CT molecular complexity index is 362. The molecule has 1 aliphatic heterocycles. The minimum absolute atomic E-state index is 0.0214. The summed E-state index contributed by atoms with van der Waals surface area (Å²) in [7, 11) is 0. The quantitative estimate of drug-likeness (QED) is 0.694. The van der Waals surface area contributed by atoms with Crippen LogP contribution in [0, 0.1) is 18.3 Å². The number of carbonyl (C=O) groups excluding carboxylic acids is 1. The molecule has 1 saturated heterocycles. The molecule has 2 rings (SSSR count). The molecule has 100 valence electrons. The van der Waals surface area contributed by atoms with Crippen LogP contribution < -0.4 is 0 Å². The molecule has 0 aromatic rings. The smallest absolute Gasteiger partial charge is 0.332 e. The van der Waals surface area contributed by atoms with Crippen molar-refractivity contribution in [2.75, 3.05) is 26.2 Å². The fraction of sp³-hybridized carbons (Fsp3) is 0.750. The molecular weight excluding hydrogens is 245 g/mol. The summed E-state index contributed by atoms with van der Waals surface area (Å²) in [4.78, 5) is 13.9. The van der Waals surface area contributed by atoms with Gasteiger partial charge >= 0.3 is 12.1 Å². The van der Waals surface area contributed by atoms with Gasteiger partial charge in [0.1, 0.15) is 0 Å². The minimum atomic E-state index is -4.77. The van der Waals surface area contributed by atoms with E-state index in [1.807, 2.05) is 4.90 Å². The average Bonchev–Trinajstić information content (AvgIpc) is 3.13. The Morgan fingerprint density at radius 3 is 2.17 bits per heavy atom. The van der Waals surface area contributed by atoms with Gasteiger partial charge in [0.25, 0.3) is 0 Å². The lowest BCUT2D eigenvalue weighted by Crippen LogP contribution is -2.54. The highest BCUT2D eigenvalue weighted by Gasteiger charge is 2.44. The van der Waals surface area contributed by atoms with Crippen molar-refractivity contribution in [2.45, 2.75) is 25.1 Å². The maximum absolute atomic E-state index is 12.3. The summed E-state index contributed by atoms with van der Waals surface area (Å²) in [6.45, 7) is 1.05. The van der Waals surface area contributed by atoms with Gasteiger partial charge in [0.2, 0.25) is 0 Å². The Morgan fingerprint density at radius 1 is 1.22 bits per heavy atom. The summed E-state index contributed by atoms with van der Waals surface area (Å²) in [6, 6.07) is 0.0214. The van der Waals surface area contributed by atoms with Crippen molar-refractivity contribution in [2.24, 2.45) is 5.92 Å². The van der Waals surface area contributed by atoms with Crippen LogP contribution in [0.2, 0.25) is 0 Å². The van der Waals surface area contributed by atoms with Crippen molar-refractivity contribution in [1.82, 2.24) is 9.80 Å². The first-order chi connectivity index (χ1) is 8.43. The van der Waals surface area contributed by atoms with E-state index >= 15 is 0 Å². The van der Waals surface area contributed by atoms with E-state index in [1.54, 1.807) is 0 Å². The van der Waals surface area contributed by atoms with Crippen molar-refractivity contribution in [3.05, 3.63) is 0 Å². The van der Waals surface area contributed by atoms with Gasteiger partial charge in [0, 0.05) is 26.2 Å². The molecular formula is C12H15F3N2O. The molecule has 0 bridgehead atoms. The Labute approximate surface area is 104 Å². The number of rotatable bonds is 2. The van der Waals surface area contributed by atoms with Crippen molar-refractivity contribution < 1.29 is 18.0 Å². The van der Waals surface area contributed by atoms with E-state index in [0.717, 1.165) is 17.7 Å². The second-order valence-electron chi connectivity index (χ2n) is 4.77. The highest BCUT2D eigenvalue weighted by molar-refractivity contribution is 5.81. The summed E-state index contributed by atoms with van der Waals surface area (Å²) in [5.41, 5.74) is 0. The summed E-state index contributed by atoms with van der Waals surface area (Å²) in [6.07, 6.45) is 2.87. The first kappa shape index (κ1) is 13.2. The number of hydrogen-bond donors (Lipinski definition) is 0. The molecule has 0 radical (unpaired) electrons. The third-order valence-electron chi connectivity index (χ3n) is 3.48. The van der Waals surface area contributed by atoms with Gasteiger partial charge in [-0.3, -0.25) is 9.69 Å². The largest absolute Gasteiger partial charge is 0.471 e. The maximum Gasteiger partial charge on any atom is 0.471 e. The molecule has 1 unspecified atom stereocenters. The minimum Gasteiger partial charge on any atom is -0.332 e. The predicted octanol–water partition coefficient (Wildman–Crippen LogP) is 1.10. The summed E-state index contributed by atoms with van der Waals surface area (Å²) < 4.78 is 36.8. The molecule has 2 aliphatic rings. The normalized spacial score (nSPS) is 23.6. The first-order valence-corrected chi connectivity index (χ1v) is 5.99. The van der Waals surface area contributed by atoms with Crippen molar-refractivity contribution >= 4 is 5.91 Å². The number of amides is 1. The van der Waals surface area contributed by atoms with Gasteiger partial charge in [-0.2, -0.15) is 13.2 Å². The third kappa shape index (κ3) is 2.78. The predicted molar refractivity (Wildman–Crippen MR) is 59.6 cm³/mol. The standard InChI is InChI=1S/C12H15F3N2O/c1-2-10(9-3-4-9)16-5-7-17(8-6-16)11(18)12(13,14)15/h1,9-10H,3-8H2. The third-order valence-corrected chi connectivity index (χ3v) is 3.48. The lowest BCUT2D eigenvalue weighted by atomic mass is 10.1. The molecule has 1 heterocycles. The molecule has 18 heavy (non-hydrogen) atoms. The van der Waals surface area contributed by atoms with Crippen LogP contribution in [0.15, 0.2) is 0 Å². The number of nitrogens with zero attached hydrogens (tertiary/aromatic N) is 2. The molecule has 2 fully saturated rings. The van der Waals surface area contributed by atoms with Crippen molar-refractivity contribution in [3.8, 4) is 12.3 Å². The topological polar surface area (TPSA) is 23.6 Å². The van der Waals surface area contributed by atoms with Crippen LogP contribution >= 0.6 is 0 Å². The fourth-order valence-electron chi connectivity index (χ4n) is 2.33. The van der Waals surface area contributed by atoms with E-state index in [2.05, 4.69) is 5.92 Å². The Hall–Kier alpha value is -1.22. The Kier molecular flexibility index (Phi) is 3.53. The van der Waals surface area contributed by atoms with Gasteiger partial charge in [0.05, 0.1) is 6.04 Å². The van der Waals surface area contributed by atoms with E-state index in [0.29, 0.717) is 19.0 Å². The number of carbonyl (C=O) groups is 1. The van der Waals surface area contributed by atoms with E-state index in [1.165, 1.54) is 0 Å². The molecule has 0 aromatic carbocycles. The van der Waals surface area contributed by atoms with Gasteiger partial charge in [-0.05, 0) is 18.8 Å². The van der Waals surface area contributed by atoms with Crippen LogP contribution in [-0.4, -0.2) is 54.1 Å². The highest BCUT2D eigenvalue weighted by Crippen LogP contribution is 2.35. The SMILES string of the molecule is C#CC(C1CC1)N1CCN(C(=O)C(F)(F)F)CC1. The van der Waals surface area contributed by atoms with Crippen LogP contribution in [-0.2, 0) is 4.79 Å². The second kappa shape index (κ2) is 4.81. The monoisotopic (exact) mass is 260 g/mol. The zero-order valence-corrected chi connectivity index (χ0v) is 9.91. The number of terminal acetylenes is 1. The summed E-state index contributed by atoms with van der Waals surface area (Å²) >= 11 is 0. The Morgan fingerprint density at radius 2 is 1.78 bits per heavy atom. The summed E-state index contributed by atoms with van der Waals surface area (Å²) in [5.74, 6) is 1.45. The summed E-state index contributed by atoms with van der Waals surface area (Å²) in [5, 5.41) is 0. The molecule has 0 aromatic heterocycles. The van der Waals surface area contributed by atoms with Crippen LogP contribution in [0.4, 0.5) is 13.2 Å². The van der Waals surface area contributed by atoms with Gasteiger partial charge in [-0.25, -0.2) is 0 Å². The van der Waals surface area contributed by atoms with E-state index in [9.17, 15) is 18.0 Å². The molecule has 0 spiro atoms. The fourth-order valence-corrected chi connectivity index (χ4v) is 2.33. The average molecular weight is 260 g/mol. The number of hydrogen-bond acceptors (Lipinski definition) is 2. The van der Waals surface area contributed by atoms with E-state index < -0.39 is 12.1 Å². The highest BCUT2D eigenvalue weighted by atomic mass is 19.4. The molecule has 6 heteroatoms. The first-order valence-electron chi connectivity index (χ1n) is 5.99.